The van der Waals surface area contributed by atoms with Crippen LogP contribution in [0, 0.1) is 6.92 Å². The maximum Gasteiger partial charge on any atom is 0.300 e. The minimum Gasteiger partial charge on any atom is -0.507 e. The predicted molar refractivity (Wildman–Crippen MR) is 132 cm³/mol. The van der Waals surface area contributed by atoms with Crippen LogP contribution in [0.15, 0.2) is 72.6 Å². The van der Waals surface area contributed by atoms with Crippen molar-refractivity contribution in [2.75, 3.05) is 16.8 Å². The van der Waals surface area contributed by atoms with E-state index in [-0.39, 0.29) is 17.2 Å². The summed E-state index contributed by atoms with van der Waals surface area (Å²) in [6.07, 6.45) is 3.15. The van der Waals surface area contributed by atoms with E-state index in [2.05, 4.69) is 10.3 Å². The Hall–Kier alpha value is -4.46. The smallest absolute Gasteiger partial charge is 0.300 e. The number of carbonyl (C=O) groups excluding carboxylic acids is 3. The van der Waals surface area contributed by atoms with E-state index < -0.39 is 17.7 Å². The summed E-state index contributed by atoms with van der Waals surface area (Å²) in [6, 6.07) is 14.2. The largest absolute Gasteiger partial charge is 0.507 e. The second-order valence-corrected chi connectivity index (χ2v) is 8.10. The number of hydrogen-bond donors (Lipinski definition) is 2. The summed E-state index contributed by atoms with van der Waals surface area (Å²) in [7, 11) is 0. The highest BCUT2D eigenvalue weighted by Crippen LogP contribution is 2.42. The lowest BCUT2D eigenvalue weighted by atomic mass is 9.95. The summed E-state index contributed by atoms with van der Waals surface area (Å²) >= 11 is 0. The van der Waals surface area contributed by atoms with Crippen LogP contribution in [0.2, 0.25) is 0 Å². The number of anilines is 2. The number of aliphatic hydroxyl groups is 1. The highest BCUT2D eigenvalue weighted by Gasteiger charge is 2.47. The Morgan fingerprint density at radius 3 is 2.49 bits per heavy atom. The Kier molecular flexibility index (Phi) is 6.64. The molecule has 0 aliphatic carbocycles. The minimum absolute atomic E-state index is 0.0301. The molecule has 3 aromatic rings. The fourth-order valence-corrected chi connectivity index (χ4v) is 4.13. The SMILES string of the molecule is CCOc1ccc(/C(O)=C2/C(=O)C(=O)N(c3ccc(NC(C)=O)cc3)C2c2cccnc2)cc1C. The lowest BCUT2D eigenvalue weighted by Gasteiger charge is -2.25. The summed E-state index contributed by atoms with van der Waals surface area (Å²) in [6.45, 7) is 5.62. The first kappa shape index (κ1) is 23.7. The number of hydrogen-bond acceptors (Lipinski definition) is 6. The van der Waals surface area contributed by atoms with Crippen LogP contribution in [-0.2, 0) is 14.4 Å². The first-order valence-corrected chi connectivity index (χ1v) is 11.1. The number of aliphatic hydroxyl groups excluding tert-OH is 1. The Labute approximate surface area is 202 Å². The molecular weight excluding hydrogens is 446 g/mol. The van der Waals surface area contributed by atoms with Gasteiger partial charge in [-0.1, -0.05) is 6.07 Å². The van der Waals surface area contributed by atoms with Crippen molar-refractivity contribution in [1.29, 1.82) is 0 Å². The molecule has 0 bridgehead atoms. The molecule has 2 heterocycles. The molecule has 1 aliphatic rings. The Balaban J connectivity index is 1.84. The molecule has 0 radical (unpaired) electrons. The molecule has 0 saturated carbocycles. The molecule has 1 fully saturated rings. The van der Waals surface area contributed by atoms with Gasteiger partial charge in [-0.15, -0.1) is 0 Å². The zero-order valence-electron chi connectivity index (χ0n) is 19.6. The summed E-state index contributed by atoms with van der Waals surface area (Å²) in [4.78, 5) is 43.3. The van der Waals surface area contributed by atoms with Crippen molar-refractivity contribution in [2.45, 2.75) is 26.8 Å². The average molecular weight is 472 g/mol. The number of carbonyl (C=O) groups is 3. The van der Waals surface area contributed by atoms with E-state index in [0.29, 0.717) is 34.9 Å². The zero-order chi connectivity index (χ0) is 25.1. The molecule has 1 unspecified atom stereocenters. The van der Waals surface area contributed by atoms with Crippen LogP contribution < -0.4 is 15.0 Å². The average Bonchev–Trinajstić information content (AvgIpc) is 3.11. The van der Waals surface area contributed by atoms with Crippen molar-refractivity contribution >= 4 is 34.7 Å². The zero-order valence-corrected chi connectivity index (χ0v) is 19.6. The van der Waals surface area contributed by atoms with Crippen LogP contribution in [0.25, 0.3) is 5.76 Å². The van der Waals surface area contributed by atoms with Crippen molar-refractivity contribution in [3.05, 3.63) is 89.3 Å². The molecular formula is C27H25N3O5. The number of aryl methyl sites for hydroxylation is 1. The molecule has 2 aromatic carbocycles. The molecule has 2 amide bonds. The van der Waals surface area contributed by atoms with E-state index in [1.165, 1.54) is 11.8 Å². The van der Waals surface area contributed by atoms with Gasteiger partial charge in [0.15, 0.2) is 0 Å². The van der Waals surface area contributed by atoms with E-state index >= 15 is 0 Å². The van der Waals surface area contributed by atoms with E-state index in [1.54, 1.807) is 67.0 Å². The normalized spacial score (nSPS) is 16.9. The Bertz CT molecular complexity index is 1320. The first-order valence-electron chi connectivity index (χ1n) is 11.1. The second-order valence-electron chi connectivity index (χ2n) is 8.10. The molecule has 1 atom stereocenters. The number of ether oxygens (including phenoxy) is 1. The fraction of sp³-hybridized carbons (Fsp3) is 0.185. The number of nitrogens with zero attached hydrogens (tertiary/aromatic N) is 2. The number of pyridine rings is 1. The Morgan fingerprint density at radius 1 is 1.14 bits per heavy atom. The summed E-state index contributed by atoms with van der Waals surface area (Å²) in [5.41, 5.74) is 2.73. The van der Waals surface area contributed by atoms with Crippen molar-refractivity contribution in [1.82, 2.24) is 4.98 Å². The summed E-state index contributed by atoms with van der Waals surface area (Å²) < 4.78 is 5.57. The van der Waals surface area contributed by atoms with Gasteiger partial charge in [0.2, 0.25) is 5.91 Å². The van der Waals surface area contributed by atoms with Gasteiger partial charge in [-0.05, 0) is 73.5 Å². The van der Waals surface area contributed by atoms with Crippen molar-refractivity contribution in [3.8, 4) is 5.75 Å². The van der Waals surface area contributed by atoms with Crippen LogP contribution in [0.4, 0.5) is 11.4 Å². The Morgan fingerprint density at radius 2 is 1.89 bits per heavy atom. The molecule has 8 heteroatoms. The number of rotatable bonds is 6. The van der Waals surface area contributed by atoms with Gasteiger partial charge < -0.3 is 15.2 Å². The van der Waals surface area contributed by atoms with Gasteiger partial charge in [0.25, 0.3) is 11.7 Å². The molecule has 1 aromatic heterocycles. The lowest BCUT2D eigenvalue weighted by Crippen LogP contribution is -2.29. The fourth-order valence-electron chi connectivity index (χ4n) is 4.13. The van der Waals surface area contributed by atoms with E-state index in [1.807, 2.05) is 13.8 Å². The standard InChI is InChI=1S/C27H25N3O5/c1-4-35-22-12-7-18(14-16(22)2)25(32)23-24(19-6-5-13-28-15-19)30(27(34)26(23)33)21-10-8-20(9-11-21)29-17(3)31/h5-15,24,32H,4H2,1-3H3,(H,29,31)/b25-23-. The predicted octanol–water partition coefficient (Wildman–Crippen LogP) is 4.37. The number of Topliss-reactive ketones (excluding diaryl/α,β-unsaturated/α-hetero) is 1. The quantitative estimate of drug-likeness (QED) is 0.314. The third-order valence-corrected chi connectivity index (χ3v) is 5.66. The lowest BCUT2D eigenvalue weighted by molar-refractivity contribution is -0.132. The van der Waals surface area contributed by atoms with Gasteiger partial charge in [-0.25, -0.2) is 0 Å². The van der Waals surface area contributed by atoms with Gasteiger partial charge in [0.05, 0.1) is 18.2 Å². The van der Waals surface area contributed by atoms with Gasteiger partial charge >= 0.3 is 0 Å². The third kappa shape index (κ3) is 4.63. The molecule has 2 N–H and O–H groups in total. The van der Waals surface area contributed by atoms with Crippen LogP contribution in [0.1, 0.15) is 36.6 Å². The molecule has 4 rings (SSSR count). The number of nitrogens with one attached hydrogen (secondary N) is 1. The topological polar surface area (TPSA) is 109 Å². The monoisotopic (exact) mass is 471 g/mol. The van der Waals surface area contributed by atoms with Crippen LogP contribution in [0.3, 0.4) is 0 Å². The minimum atomic E-state index is -0.887. The van der Waals surface area contributed by atoms with Crippen molar-refractivity contribution in [3.63, 3.8) is 0 Å². The van der Waals surface area contributed by atoms with E-state index in [9.17, 15) is 19.5 Å². The highest BCUT2D eigenvalue weighted by molar-refractivity contribution is 6.51. The van der Waals surface area contributed by atoms with Crippen molar-refractivity contribution < 1.29 is 24.2 Å². The van der Waals surface area contributed by atoms with Gasteiger partial charge in [0, 0.05) is 36.3 Å². The second kappa shape index (κ2) is 9.80. The summed E-state index contributed by atoms with van der Waals surface area (Å²) in [5.74, 6) is -1.39. The molecule has 1 saturated heterocycles. The molecule has 35 heavy (non-hydrogen) atoms. The maximum absolute atomic E-state index is 13.2. The van der Waals surface area contributed by atoms with Gasteiger partial charge in [-0.3, -0.25) is 24.3 Å². The number of ketones is 1. The molecule has 0 spiro atoms. The van der Waals surface area contributed by atoms with Crippen LogP contribution in [-0.4, -0.2) is 34.3 Å². The summed E-state index contributed by atoms with van der Waals surface area (Å²) in [5, 5.41) is 13.9. The van der Waals surface area contributed by atoms with Crippen LogP contribution in [0.5, 0.6) is 5.75 Å². The number of amides is 2. The van der Waals surface area contributed by atoms with E-state index in [4.69, 9.17) is 4.74 Å². The molecule has 1 aliphatic heterocycles. The number of benzene rings is 2. The first-order chi connectivity index (χ1) is 16.8. The highest BCUT2D eigenvalue weighted by atomic mass is 16.5. The van der Waals surface area contributed by atoms with Crippen LogP contribution >= 0.6 is 0 Å². The van der Waals surface area contributed by atoms with Crippen molar-refractivity contribution in [2.24, 2.45) is 0 Å². The molecule has 8 nitrogen and oxygen atoms in total. The van der Waals surface area contributed by atoms with Gasteiger partial charge in [-0.2, -0.15) is 0 Å². The molecule has 178 valence electrons. The maximum atomic E-state index is 13.2. The number of aromatic nitrogens is 1. The van der Waals surface area contributed by atoms with E-state index in [0.717, 1.165) is 5.56 Å². The van der Waals surface area contributed by atoms with Gasteiger partial charge in [0.1, 0.15) is 11.5 Å². The third-order valence-electron chi connectivity index (χ3n) is 5.66.